The Morgan fingerprint density at radius 3 is 2.75 bits per heavy atom. The second-order valence-electron chi connectivity index (χ2n) is 6.16. The molecule has 1 aliphatic heterocycles. The maximum absolute atomic E-state index is 6.02. The fourth-order valence-corrected chi connectivity index (χ4v) is 2.58. The van der Waals surface area contributed by atoms with Crippen LogP contribution in [-0.2, 0) is 0 Å². The van der Waals surface area contributed by atoms with Gasteiger partial charge in [0, 0.05) is 19.6 Å². The van der Waals surface area contributed by atoms with Gasteiger partial charge in [-0.05, 0) is 42.7 Å². The van der Waals surface area contributed by atoms with Crippen molar-refractivity contribution in [2.24, 2.45) is 5.41 Å². The summed E-state index contributed by atoms with van der Waals surface area (Å²) in [6.45, 7) is 9.55. The summed E-state index contributed by atoms with van der Waals surface area (Å²) < 4.78 is 0. The maximum atomic E-state index is 6.02. The molecular formula is C14H24ClN5. The van der Waals surface area contributed by atoms with Gasteiger partial charge in [-0.25, -0.2) is 0 Å². The minimum absolute atomic E-state index is 0.261. The molecule has 0 amide bonds. The first-order chi connectivity index (χ1) is 9.50. The van der Waals surface area contributed by atoms with Crippen LogP contribution < -0.4 is 10.2 Å². The molecule has 6 heteroatoms. The number of nitrogens with zero attached hydrogens (tertiary/aromatic N) is 4. The van der Waals surface area contributed by atoms with Gasteiger partial charge in [0.25, 0.3) is 0 Å². The van der Waals surface area contributed by atoms with E-state index in [2.05, 4.69) is 45.9 Å². The first kappa shape index (κ1) is 15.3. The lowest BCUT2D eigenvalue weighted by atomic mass is 9.85. The fourth-order valence-electron chi connectivity index (χ4n) is 2.42. The molecule has 5 nitrogen and oxygen atoms in total. The number of hydrogen-bond acceptors (Lipinski definition) is 5. The smallest absolute Gasteiger partial charge is 0.231 e. The van der Waals surface area contributed by atoms with Gasteiger partial charge in [-0.2, -0.15) is 15.0 Å². The Balaban J connectivity index is 2.13. The van der Waals surface area contributed by atoms with E-state index in [4.69, 9.17) is 11.6 Å². The minimum Gasteiger partial charge on any atom is -0.354 e. The Morgan fingerprint density at radius 1 is 1.20 bits per heavy atom. The molecule has 0 saturated carbocycles. The Bertz CT molecular complexity index is 449. The van der Waals surface area contributed by atoms with Gasteiger partial charge in [0.05, 0.1) is 0 Å². The zero-order valence-electron chi connectivity index (χ0n) is 12.6. The number of rotatable bonds is 4. The summed E-state index contributed by atoms with van der Waals surface area (Å²) >= 11 is 6.02. The lowest BCUT2D eigenvalue weighted by Gasteiger charge is -2.23. The van der Waals surface area contributed by atoms with Gasteiger partial charge in [0.1, 0.15) is 0 Å². The van der Waals surface area contributed by atoms with Crippen molar-refractivity contribution in [1.82, 2.24) is 15.0 Å². The number of anilines is 2. The van der Waals surface area contributed by atoms with E-state index in [1.807, 2.05) is 0 Å². The van der Waals surface area contributed by atoms with Crippen molar-refractivity contribution in [2.75, 3.05) is 29.9 Å². The number of aromatic nitrogens is 3. The molecule has 0 atom stereocenters. The summed E-state index contributed by atoms with van der Waals surface area (Å²) in [6.07, 6.45) is 4.57. The van der Waals surface area contributed by atoms with Gasteiger partial charge in [0.2, 0.25) is 17.2 Å². The van der Waals surface area contributed by atoms with Gasteiger partial charge < -0.3 is 10.2 Å². The summed E-state index contributed by atoms with van der Waals surface area (Å²) in [5.74, 6) is 1.27. The molecule has 112 valence electrons. The quantitative estimate of drug-likeness (QED) is 0.923. The van der Waals surface area contributed by atoms with Gasteiger partial charge in [-0.15, -0.1) is 0 Å². The van der Waals surface area contributed by atoms with Crippen LogP contribution in [0, 0.1) is 5.41 Å². The van der Waals surface area contributed by atoms with Gasteiger partial charge >= 0.3 is 0 Å². The van der Waals surface area contributed by atoms with E-state index < -0.39 is 0 Å². The maximum Gasteiger partial charge on any atom is 0.231 e. The lowest BCUT2D eigenvalue weighted by molar-refractivity contribution is 0.325. The molecule has 0 unspecified atom stereocenters. The van der Waals surface area contributed by atoms with Crippen molar-refractivity contribution in [3.05, 3.63) is 5.28 Å². The molecule has 1 fully saturated rings. The monoisotopic (exact) mass is 297 g/mol. The molecule has 0 radical (unpaired) electrons. The van der Waals surface area contributed by atoms with Crippen molar-refractivity contribution >= 4 is 23.5 Å². The van der Waals surface area contributed by atoms with E-state index >= 15 is 0 Å². The normalized spacial score (nSPS) is 18.7. The molecule has 1 aromatic heterocycles. The van der Waals surface area contributed by atoms with E-state index in [1.165, 1.54) is 6.42 Å². The minimum atomic E-state index is 0.261. The van der Waals surface area contributed by atoms with Crippen LogP contribution in [0.15, 0.2) is 0 Å². The van der Waals surface area contributed by atoms with Crippen molar-refractivity contribution in [3.63, 3.8) is 0 Å². The highest BCUT2D eigenvalue weighted by atomic mass is 35.5. The Morgan fingerprint density at radius 2 is 2.00 bits per heavy atom. The van der Waals surface area contributed by atoms with E-state index in [1.54, 1.807) is 0 Å². The third-order valence-corrected chi connectivity index (χ3v) is 3.92. The van der Waals surface area contributed by atoms with Gasteiger partial charge in [0.15, 0.2) is 0 Å². The van der Waals surface area contributed by atoms with Crippen LogP contribution >= 0.6 is 11.6 Å². The fraction of sp³-hybridized carbons (Fsp3) is 0.786. The molecule has 1 aromatic rings. The van der Waals surface area contributed by atoms with Crippen molar-refractivity contribution in [3.8, 4) is 0 Å². The molecule has 2 heterocycles. The van der Waals surface area contributed by atoms with Crippen molar-refractivity contribution in [1.29, 1.82) is 0 Å². The molecule has 0 aliphatic carbocycles. The average molecular weight is 298 g/mol. The molecular weight excluding hydrogens is 274 g/mol. The highest BCUT2D eigenvalue weighted by Gasteiger charge is 2.24. The molecule has 0 aromatic carbocycles. The van der Waals surface area contributed by atoms with Crippen LogP contribution in [0.1, 0.15) is 46.5 Å². The first-order valence-corrected chi connectivity index (χ1v) is 7.78. The molecule has 20 heavy (non-hydrogen) atoms. The third kappa shape index (κ3) is 4.20. The summed E-state index contributed by atoms with van der Waals surface area (Å²) in [7, 11) is 0. The van der Waals surface area contributed by atoms with E-state index in [9.17, 15) is 0 Å². The molecule has 0 spiro atoms. The average Bonchev–Trinajstić information content (AvgIpc) is 2.57. The number of hydrogen-bond donors (Lipinski definition) is 1. The van der Waals surface area contributed by atoms with Crippen LogP contribution in [0.5, 0.6) is 0 Å². The van der Waals surface area contributed by atoms with Gasteiger partial charge in [-0.3, -0.25) is 0 Å². The lowest BCUT2D eigenvalue weighted by Crippen LogP contribution is -2.27. The predicted molar refractivity (Wildman–Crippen MR) is 83.5 cm³/mol. The second-order valence-corrected chi connectivity index (χ2v) is 6.50. The second kappa shape index (κ2) is 6.57. The van der Waals surface area contributed by atoms with E-state index in [0.717, 1.165) is 38.9 Å². The highest BCUT2D eigenvalue weighted by molar-refractivity contribution is 6.28. The van der Waals surface area contributed by atoms with Crippen LogP contribution in [-0.4, -0.2) is 34.6 Å². The van der Waals surface area contributed by atoms with Crippen molar-refractivity contribution in [2.45, 2.75) is 46.5 Å². The van der Waals surface area contributed by atoms with Crippen LogP contribution in [0.4, 0.5) is 11.9 Å². The zero-order chi connectivity index (χ0) is 14.6. The Hall–Kier alpha value is -1.10. The Labute approximate surface area is 126 Å². The zero-order valence-corrected chi connectivity index (χ0v) is 13.4. The molecule has 1 N–H and O–H groups in total. The van der Waals surface area contributed by atoms with E-state index in [-0.39, 0.29) is 5.28 Å². The van der Waals surface area contributed by atoms with E-state index in [0.29, 0.717) is 17.3 Å². The largest absolute Gasteiger partial charge is 0.354 e. The number of halogens is 1. The Kier molecular flexibility index (Phi) is 5.02. The first-order valence-electron chi connectivity index (χ1n) is 7.40. The summed E-state index contributed by atoms with van der Waals surface area (Å²) in [5.41, 5.74) is 0.398. The van der Waals surface area contributed by atoms with Gasteiger partial charge in [-0.1, -0.05) is 20.8 Å². The molecule has 0 bridgehead atoms. The number of nitrogens with one attached hydrogen (secondary N) is 1. The summed E-state index contributed by atoms with van der Waals surface area (Å²) in [6, 6.07) is 0. The highest BCUT2D eigenvalue weighted by Crippen LogP contribution is 2.31. The van der Waals surface area contributed by atoms with Crippen LogP contribution in [0.2, 0.25) is 5.28 Å². The van der Waals surface area contributed by atoms with Crippen LogP contribution in [0.3, 0.4) is 0 Å². The standard InChI is InChI=1S/C14H24ClN5/c1-4-8-16-12-17-11(15)18-13(19-12)20-9-5-6-14(2,3)7-10-20/h4-10H2,1-3H3,(H,16,17,18,19). The molecule has 2 rings (SSSR count). The summed E-state index contributed by atoms with van der Waals surface area (Å²) in [4.78, 5) is 15.1. The third-order valence-electron chi connectivity index (χ3n) is 3.75. The SMILES string of the molecule is CCCNc1nc(Cl)nc(N2CCCC(C)(C)CC2)n1. The van der Waals surface area contributed by atoms with Crippen molar-refractivity contribution < 1.29 is 0 Å². The van der Waals surface area contributed by atoms with Crippen LogP contribution in [0.25, 0.3) is 0 Å². The molecule has 1 saturated heterocycles. The summed E-state index contributed by atoms with van der Waals surface area (Å²) in [5, 5.41) is 3.43. The topological polar surface area (TPSA) is 53.9 Å². The predicted octanol–water partition coefficient (Wildman–Crippen LogP) is 3.36. The molecule has 1 aliphatic rings.